The lowest BCUT2D eigenvalue weighted by atomic mass is 10.0. The van der Waals surface area contributed by atoms with Gasteiger partial charge in [0.15, 0.2) is 0 Å². The number of likely N-dealkylation sites (N-methyl/N-ethyl adjacent to an activating group) is 1. The Labute approximate surface area is 177 Å². The number of ether oxygens (including phenoxy) is 2. The molecule has 7 nitrogen and oxygen atoms in total. The van der Waals surface area contributed by atoms with Gasteiger partial charge in [-0.15, -0.1) is 0 Å². The predicted molar refractivity (Wildman–Crippen MR) is 116 cm³/mol. The Hall–Kier alpha value is -3.22. The highest BCUT2D eigenvalue weighted by Crippen LogP contribution is 2.39. The Morgan fingerprint density at radius 2 is 1.83 bits per heavy atom. The second-order valence-corrected chi connectivity index (χ2v) is 7.55. The van der Waals surface area contributed by atoms with Gasteiger partial charge in [0.05, 0.1) is 26.7 Å². The summed E-state index contributed by atoms with van der Waals surface area (Å²) in [5.74, 6) is 1.52. The molecule has 30 heavy (non-hydrogen) atoms. The van der Waals surface area contributed by atoms with Gasteiger partial charge in [-0.2, -0.15) is 0 Å². The van der Waals surface area contributed by atoms with Crippen molar-refractivity contribution < 1.29 is 19.1 Å². The summed E-state index contributed by atoms with van der Waals surface area (Å²) in [7, 11) is 6.73. The highest BCUT2D eigenvalue weighted by molar-refractivity contribution is 5.90. The maximum Gasteiger partial charge on any atom is 0.322 e. The summed E-state index contributed by atoms with van der Waals surface area (Å²) in [5.41, 5.74) is 2.55. The van der Waals surface area contributed by atoms with Crippen molar-refractivity contribution in [2.45, 2.75) is 25.3 Å². The molecule has 1 atom stereocenters. The number of anilines is 1. The minimum Gasteiger partial charge on any atom is -0.497 e. The molecule has 160 valence electrons. The van der Waals surface area contributed by atoms with E-state index in [-0.39, 0.29) is 18.0 Å². The lowest BCUT2D eigenvalue weighted by molar-refractivity contribution is -0.127. The first-order chi connectivity index (χ1) is 14.4. The van der Waals surface area contributed by atoms with Gasteiger partial charge in [-0.1, -0.05) is 12.1 Å². The molecule has 1 aliphatic heterocycles. The molecule has 0 radical (unpaired) electrons. The van der Waals surface area contributed by atoms with Crippen molar-refractivity contribution in [1.29, 1.82) is 0 Å². The van der Waals surface area contributed by atoms with Crippen LogP contribution in [0.4, 0.5) is 10.5 Å². The molecule has 3 rings (SSSR count). The number of hydrogen-bond donors (Lipinski definition) is 1. The fraction of sp³-hybridized carbons (Fsp3) is 0.391. The van der Waals surface area contributed by atoms with E-state index in [9.17, 15) is 9.59 Å². The number of nitrogens with zero attached hydrogens (tertiary/aromatic N) is 2. The number of likely N-dealkylation sites (tertiary alicyclic amines) is 1. The molecular formula is C23H29N3O4. The SMILES string of the molecule is COc1ccc(OC)c([C@H]2CCCN2C(=O)Nc2ccc(CC(=O)N(C)C)cc2)c1. The topological polar surface area (TPSA) is 71.1 Å². The van der Waals surface area contributed by atoms with Crippen molar-refractivity contribution in [1.82, 2.24) is 9.80 Å². The number of urea groups is 1. The average molecular weight is 412 g/mol. The molecule has 3 amide bonds. The first-order valence-corrected chi connectivity index (χ1v) is 10.0. The minimum atomic E-state index is -0.153. The zero-order valence-corrected chi connectivity index (χ0v) is 18.0. The van der Waals surface area contributed by atoms with E-state index in [0.717, 1.165) is 35.5 Å². The fourth-order valence-electron chi connectivity index (χ4n) is 3.67. The van der Waals surface area contributed by atoms with E-state index >= 15 is 0 Å². The zero-order valence-electron chi connectivity index (χ0n) is 18.0. The maximum absolute atomic E-state index is 13.0. The van der Waals surface area contributed by atoms with Gasteiger partial charge in [-0.05, 0) is 48.7 Å². The molecule has 1 heterocycles. The Kier molecular flexibility index (Phi) is 6.82. The van der Waals surface area contributed by atoms with Crippen LogP contribution < -0.4 is 14.8 Å². The molecule has 0 saturated carbocycles. The average Bonchev–Trinajstić information content (AvgIpc) is 3.24. The molecule has 2 aromatic rings. The van der Waals surface area contributed by atoms with Gasteiger partial charge >= 0.3 is 6.03 Å². The first-order valence-electron chi connectivity index (χ1n) is 10.0. The molecular weight excluding hydrogens is 382 g/mol. The lowest BCUT2D eigenvalue weighted by Gasteiger charge is -2.27. The first kappa shape index (κ1) is 21.5. The number of rotatable bonds is 6. The number of carbonyl (C=O) groups excluding carboxylic acids is 2. The number of hydrogen-bond acceptors (Lipinski definition) is 4. The number of carbonyl (C=O) groups is 2. The van der Waals surface area contributed by atoms with E-state index in [2.05, 4.69) is 5.32 Å². The molecule has 0 aromatic heterocycles. The van der Waals surface area contributed by atoms with Crippen molar-refractivity contribution in [2.24, 2.45) is 0 Å². The van der Waals surface area contributed by atoms with E-state index in [1.165, 1.54) is 0 Å². The molecule has 1 aliphatic rings. The van der Waals surface area contributed by atoms with Crippen LogP contribution in [-0.4, -0.2) is 56.6 Å². The van der Waals surface area contributed by atoms with Gasteiger partial charge in [-0.25, -0.2) is 4.79 Å². The number of benzene rings is 2. The summed E-state index contributed by atoms with van der Waals surface area (Å²) in [4.78, 5) is 28.2. The largest absolute Gasteiger partial charge is 0.497 e. The highest BCUT2D eigenvalue weighted by atomic mass is 16.5. The summed E-state index contributed by atoms with van der Waals surface area (Å²) in [6, 6.07) is 12.8. The summed E-state index contributed by atoms with van der Waals surface area (Å²) < 4.78 is 10.9. The fourth-order valence-corrected chi connectivity index (χ4v) is 3.67. The second-order valence-electron chi connectivity index (χ2n) is 7.55. The third-order valence-electron chi connectivity index (χ3n) is 5.37. The smallest absolute Gasteiger partial charge is 0.322 e. The maximum atomic E-state index is 13.0. The normalized spacial score (nSPS) is 15.6. The molecule has 2 aromatic carbocycles. The third-order valence-corrected chi connectivity index (χ3v) is 5.37. The minimum absolute atomic E-state index is 0.0407. The van der Waals surface area contributed by atoms with Crippen LogP contribution in [0.1, 0.15) is 30.0 Å². The van der Waals surface area contributed by atoms with Crippen LogP contribution in [0.2, 0.25) is 0 Å². The number of amides is 3. The zero-order chi connectivity index (χ0) is 21.7. The van der Waals surface area contributed by atoms with Gasteiger partial charge in [0.1, 0.15) is 11.5 Å². The second kappa shape index (κ2) is 9.52. The number of nitrogens with one attached hydrogen (secondary N) is 1. The molecule has 0 bridgehead atoms. The third kappa shape index (κ3) is 4.84. The monoisotopic (exact) mass is 411 g/mol. The standard InChI is InChI=1S/C23H29N3O4/c1-25(2)22(27)14-16-7-9-17(10-8-16)24-23(28)26-13-5-6-20(26)19-15-18(29-3)11-12-21(19)30-4/h7-12,15,20H,5-6,13-14H2,1-4H3,(H,24,28)/t20-/m1/s1. The van der Waals surface area contributed by atoms with Crippen molar-refractivity contribution in [3.8, 4) is 11.5 Å². The quantitative estimate of drug-likeness (QED) is 0.787. The van der Waals surface area contributed by atoms with Crippen molar-refractivity contribution in [2.75, 3.05) is 40.2 Å². The molecule has 0 unspecified atom stereocenters. The Morgan fingerprint density at radius 3 is 2.47 bits per heavy atom. The van der Waals surface area contributed by atoms with Crippen molar-refractivity contribution in [3.63, 3.8) is 0 Å². The van der Waals surface area contributed by atoms with Crippen LogP contribution in [-0.2, 0) is 11.2 Å². The van der Waals surface area contributed by atoms with E-state index in [4.69, 9.17) is 9.47 Å². The Balaban J connectivity index is 1.71. The van der Waals surface area contributed by atoms with Crippen LogP contribution in [0.25, 0.3) is 0 Å². The number of methoxy groups -OCH3 is 2. The lowest BCUT2D eigenvalue weighted by Crippen LogP contribution is -2.34. The molecule has 1 saturated heterocycles. The van der Waals surface area contributed by atoms with E-state index < -0.39 is 0 Å². The van der Waals surface area contributed by atoms with Gasteiger partial charge < -0.3 is 24.6 Å². The van der Waals surface area contributed by atoms with Gasteiger partial charge in [0.25, 0.3) is 0 Å². The van der Waals surface area contributed by atoms with Crippen molar-refractivity contribution in [3.05, 3.63) is 53.6 Å². The molecule has 1 fully saturated rings. The highest BCUT2D eigenvalue weighted by Gasteiger charge is 2.32. The van der Waals surface area contributed by atoms with Gasteiger partial charge in [0, 0.05) is 31.9 Å². The van der Waals surface area contributed by atoms with Crippen LogP contribution in [0.15, 0.2) is 42.5 Å². The van der Waals surface area contributed by atoms with Crippen LogP contribution >= 0.6 is 0 Å². The summed E-state index contributed by atoms with van der Waals surface area (Å²) in [6.45, 7) is 0.673. The molecule has 0 aliphatic carbocycles. The van der Waals surface area contributed by atoms with E-state index in [0.29, 0.717) is 18.7 Å². The van der Waals surface area contributed by atoms with Gasteiger partial charge in [-0.3, -0.25) is 4.79 Å². The van der Waals surface area contributed by atoms with Gasteiger partial charge in [0.2, 0.25) is 5.91 Å². The summed E-state index contributed by atoms with van der Waals surface area (Å²) in [6.07, 6.45) is 2.12. The van der Waals surface area contributed by atoms with E-state index in [1.54, 1.807) is 33.2 Å². The predicted octanol–water partition coefficient (Wildman–Crippen LogP) is 3.70. The molecule has 1 N–H and O–H groups in total. The van der Waals surface area contributed by atoms with E-state index in [1.807, 2.05) is 47.4 Å². The Bertz CT molecular complexity index is 896. The summed E-state index contributed by atoms with van der Waals surface area (Å²) in [5, 5.41) is 2.97. The van der Waals surface area contributed by atoms with Crippen LogP contribution in [0.5, 0.6) is 11.5 Å². The molecule has 7 heteroatoms. The van der Waals surface area contributed by atoms with Crippen LogP contribution in [0.3, 0.4) is 0 Å². The van der Waals surface area contributed by atoms with Crippen molar-refractivity contribution >= 4 is 17.6 Å². The molecule has 0 spiro atoms. The Morgan fingerprint density at radius 1 is 1.10 bits per heavy atom. The van der Waals surface area contributed by atoms with Crippen LogP contribution in [0, 0.1) is 0 Å². The summed E-state index contributed by atoms with van der Waals surface area (Å²) >= 11 is 0.